The van der Waals surface area contributed by atoms with Crippen LogP contribution < -0.4 is 11.3 Å². The summed E-state index contributed by atoms with van der Waals surface area (Å²) in [5.41, 5.74) is 8.13. The number of rotatable bonds is 5. The summed E-state index contributed by atoms with van der Waals surface area (Å²) in [5.74, 6) is 0.711. The maximum Gasteiger partial charge on any atom is 0.275 e. The predicted molar refractivity (Wildman–Crippen MR) is 74.2 cm³/mol. The van der Waals surface area contributed by atoms with E-state index in [2.05, 4.69) is 15.0 Å². The quantitative estimate of drug-likeness (QED) is 0.853. The van der Waals surface area contributed by atoms with Crippen molar-refractivity contribution >= 4 is 16.3 Å². The van der Waals surface area contributed by atoms with Gasteiger partial charge in [0.05, 0.1) is 5.69 Å². The third-order valence-electron chi connectivity index (χ3n) is 3.63. The van der Waals surface area contributed by atoms with Crippen molar-refractivity contribution in [3.8, 4) is 0 Å². The van der Waals surface area contributed by atoms with Gasteiger partial charge < -0.3 is 5.73 Å². The van der Waals surface area contributed by atoms with Gasteiger partial charge in [0, 0.05) is 25.2 Å². The van der Waals surface area contributed by atoms with Gasteiger partial charge in [0.15, 0.2) is 0 Å². The van der Waals surface area contributed by atoms with Gasteiger partial charge >= 0.3 is 0 Å². The fourth-order valence-electron chi connectivity index (χ4n) is 2.47. The number of fused-ring (bicyclic) bond motifs is 1. The topological polar surface area (TPSA) is 76.5 Å². The monoisotopic (exact) mass is 279 g/mol. The molecule has 0 aliphatic heterocycles. The molecule has 1 aliphatic carbocycles. The zero-order valence-electron chi connectivity index (χ0n) is 10.8. The van der Waals surface area contributed by atoms with Crippen LogP contribution >= 0.6 is 11.3 Å². The second-order valence-electron chi connectivity index (χ2n) is 5.07. The summed E-state index contributed by atoms with van der Waals surface area (Å²) in [6, 6.07) is 1.95. The molecule has 0 spiro atoms. The molecule has 0 amide bonds. The molecule has 6 nitrogen and oxygen atoms in total. The standard InChI is InChI=1S/C12H17N5OS/c1-16(10(5-13)8-2-3-8)6-9-4-11(18)17-12(15-9)19-7-14-17/h4,7-8,10H,2-3,5-6,13H2,1H3. The van der Waals surface area contributed by atoms with Crippen molar-refractivity contribution in [3.63, 3.8) is 0 Å². The molecule has 2 aromatic heterocycles. The molecule has 1 unspecified atom stereocenters. The van der Waals surface area contributed by atoms with Crippen LogP contribution in [0, 0.1) is 5.92 Å². The lowest BCUT2D eigenvalue weighted by atomic mass is 10.1. The molecule has 1 atom stereocenters. The SMILES string of the molecule is CN(Cc1cc(=O)n2ncsc2n1)C(CN)C1CC1. The molecule has 0 radical (unpaired) electrons. The Morgan fingerprint density at radius 3 is 3.11 bits per heavy atom. The third-order valence-corrected chi connectivity index (χ3v) is 4.30. The highest BCUT2D eigenvalue weighted by Crippen LogP contribution is 2.34. The number of hydrogen-bond acceptors (Lipinski definition) is 6. The molecule has 2 N–H and O–H groups in total. The zero-order chi connectivity index (χ0) is 13.4. The van der Waals surface area contributed by atoms with Crippen molar-refractivity contribution in [2.45, 2.75) is 25.4 Å². The minimum atomic E-state index is -0.120. The van der Waals surface area contributed by atoms with Gasteiger partial charge in [-0.05, 0) is 25.8 Å². The van der Waals surface area contributed by atoms with Crippen LogP contribution in [0.3, 0.4) is 0 Å². The van der Waals surface area contributed by atoms with Crippen LogP contribution in [-0.4, -0.2) is 39.1 Å². The van der Waals surface area contributed by atoms with Crippen LogP contribution in [0.15, 0.2) is 16.4 Å². The van der Waals surface area contributed by atoms with Gasteiger partial charge in [-0.3, -0.25) is 9.69 Å². The lowest BCUT2D eigenvalue weighted by Crippen LogP contribution is -2.39. The molecule has 2 heterocycles. The van der Waals surface area contributed by atoms with Crippen molar-refractivity contribution in [1.82, 2.24) is 19.5 Å². The first-order valence-electron chi connectivity index (χ1n) is 6.42. The smallest absolute Gasteiger partial charge is 0.275 e. The Morgan fingerprint density at radius 1 is 1.63 bits per heavy atom. The van der Waals surface area contributed by atoms with Gasteiger partial charge in [-0.2, -0.15) is 9.61 Å². The fourth-order valence-corrected chi connectivity index (χ4v) is 3.11. The van der Waals surface area contributed by atoms with Crippen LogP contribution in [0.25, 0.3) is 4.96 Å². The summed E-state index contributed by atoms with van der Waals surface area (Å²) in [5, 5.41) is 3.95. The van der Waals surface area contributed by atoms with Crippen LogP contribution in [-0.2, 0) is 6.54 Å². The molecule has 102 valence electrons. The molecule has 1 saturated carbocycles. The third kappa shape index (κ3) is 2.54. The van der Waals surface area contributed by atoms with Gasteiger partial charge in [-0.25, -0.2) is 4.98 Å². The van der Waals surface area contributed by atoms with Crippen LogP contribution in [0.1, 0.15) is 18.5 Å². The Balaban J connectivity index is 1.82. The van der Waals surface area contributed by atoms with E-state index in [1.165, 1.54) is 28.7 Å². The molecule has 19 heavy (non-hydrogen) atoms. The second-order valence-corrected chi connectivity index (χ2v) is 5.89. The van der Waals surface area contributed by atoms with Crippen LogP contribution in [0.4, 0.5) is 0 Å². The van der Waals surface area contributed by atoms with Gasteiger partial charge in [0.1, 0.15) is 5.51 Å². The Bertz CT molecular complexity index is 632. The lowest BCUT2D eigenvalue weighted by Gasteiger charge is -2.26. The fraction of sp³-hybridized carbons (Fsp3) is 0.583. The highest BCUT2D eigenvalue weighted by molar-refractivity contribution is 7.14. The second kappa shape index (κ2) is 4.99. The van der Waals surface area contributed by atoms with E-state index >= 15 is 0 Å². The summed E-state index contributed by atoms with van der Waals surface area (Å²) in [4.78, 5) is 19.2. The molecule has 2 aromatic rings. The highest BCUT2D eigenvalue weighted by Gasteiger charge is 2.32. The van der Waals surface area contributed by atoms with Crippen molar-refractivity contribution in [2.24, 2.45) is 11.7 Å². The van der Waals surface area contributed by atoms with Gasteiger partial charge in [-0.15, -0.1) is 0 Å². The first kappa shape index (κ1) is 12.7. The summed E-state index contributed by atoms with van der Waals surface area (Å²) < 4.78 is 1.33. The normalized spacial score (nSPS) is 17.2. The molecule has 1 aliphatic rings. The Morgan fingerprint density at radius 2 is 2.42 bits per heavy atom. The van der Waals surface area contributed by atoms with Crippen molar-refractivity contribution in [2.75, 3.05) is 13.6 Å². The van der Waals surface area contributed by atoms with E-state index in [0.29, 0.717) is 30.0 Å². The largest absolute Gasteiger partial charge is 0.329 e. The van der Waals surface area contributed by atoms with Crippen molar-refractivity contribution in [1.29, 1.82) is 0 Å². The minimum Gasteiger partial charge on any atom is -0.329 e. The Hall–Kier alpha value is -1.31. The molecule has 1 fully saturated rings. The van der Waals surface area contributed by atoms with Crippen molar-refractivity contribution < 1.29 is 0 Å². The summed E-state index contributed by atoms with van der Waals surface area (Å²) in [6.07, 6.45) is 2.52. The first-order chi connectivity index (χ1) is 9.19. The number of aromatic nitrogens is 3. The van der Waals surface area contributed by atoms with Crippen LogP contribution in [0.5, 0.6) is 0 Å². The Kier molecular flexibility index (Phi) is 3.34. The van der Waals surface area contributed by atoms with E-state index in [0.717, 1.165) is 5.69 Å². The molecule has 3 rings (SSSR count). The van der Waals surface area contributed by atoms with E-state index in [4.69, 9.17) is 5.73 Å². The lowest BCUT2D eigenvalue weighted by molar-refractivity contribution is 0.213. The number of hydrogen-bond donors (Lipinski definition) is 1. The summed E-state index contributed by atoms with van der Waals surface area (Å²) in [7, 11) is 2.05. The van der Waals surface area contributed by atoms with Gasteiger partial charge in [0.25, 0.3) is 5.56 Å². The average molecular weight is 279 g/mol. The summed E-state index contributed by atoms with van der Waals surface area (Å²) >= 11 is 1.37. The van der Waals surface area contributed by atoms with Crippen molar-refractivity contribution in [3.05, 3.63) is 27.6 Å². The zero-order valence-corrected chi connectivity index (χ0v) is 11.6. The number of nitrogens with two attached hydrogens (primary N) is 1. The van der Waals surface area contributed by atoms with Gasteiger partial charge in [0.2, 0.25) is 4.96 Å². The molecular weight excluding hydrogens is 262 g/mol. The average Bonchev–Trinajstić information content (AvgIpc) is 3.07. The van der Waals surface area contributed by atoms with Gasteiger partial charge in [-0.1, -0.05) is 11.3 Å². The number of nitrogens with zero attached hydrogens (tertiary/aromatic N) is 4. The minimum absolute atomic E-state index is 0.120. The van der Waals surface area contributed by atoms with Crippen LogP contribution in [0.2, 0.25) is 0 Å². The van der Waals surface area contributed by atoms with E-state index in [9.17, 15) is 4.79 Å². The highest BCUT2D eigenvalue weighted by atomic mass is 32.1. The molecule has 0 aromatic carbocycles. The van der Waals surface area contributed by atoms with E-state index in [1.54, 1.807) is 11.6 Å². The molecule has 7 heteroatoms. The summed E-state index contributed by atoms with van der Waals surface area (Å²) in [6.45, 7) is 1.31. The molecule has 0 bridgehead atoms. The van der Waals surface area contributed by atoms with E-state index < -0.39 is 0 Å². The first-order valence-corrected chi connectivity index (χ1v) is 7.30. The molecular formula is C12H17N5OS. The number of likely N-dealkylation sites (N-methyl/N-ethyl adjacent to an activating group) is 1. The molecule has 0 saturated heterocycles. The Labute approximate surface area is 114 Å². The maximum atomic E-state index is 11.9. The van der Waals surface area contributed by atoms with E-state index in [-0.39, 0.29) is 5.56 Å². The maximum absolute atomic E-state index is 11.9. The van der Waals surface area contributed by atoms with E-state index in [1.807, 2.05) is 7.05 Å². The predicted octanol–water partition coefficient (Wildman–Crippen LogP) is 0.320.